The van der Waals surface area contributed by atoms with E-state index in [9.17, 15) is 13.2 Å². The number of rotatable bonds is 5. The molecule has 1 aliphatic rings. The van der Waals surface area contributed by atoms with Gasteiger partial charge in [0.25, 0.3) is 0 Å². The van der Waals surface area contributed by atoms with Crippen LogP contribution in [0.15, 0.2) is 24.3 Å². The van der Waals surface area contributed by atoms with Gasteiger partial charge in [-0.25, -0.2) is 8.42 Å². The maximum absolute atomic E-state index is 12.0. The van der Waals surface area contributed by atoms with Gasteiger partial charge in [-0.3, -0.25) is 4.79 Å². The van der Waals surface area contributed by atoms with Crippen LogP contribution in [-0.2, 0) is 25.1 Å². The maximum atomic E-state index is 12.0. The number of hydrogen-bond donors (Lipinski definition) is 0. The second-order valence-corrected chi connectivity index (χ2v) is 7.30. The molecule has 1 fully saturated rings. The van der Waals surface area contributed by atoms with Crippen molar-refractivity contribution in [3.05, 3.63) is 35.4 Å². The third-order valence-corrected chi connectivity index (χ3v) is 4.86. The van der Waals surface area contributed by atoms with Gasteiger partial charge < -0.3 is 4.74 Å². The Bertz CT molecular complexity index is 637. The molecular formula is C15H17NO4S. The Morgan fingerprint density at radius 3 is 2.43 bits per heavy atom. The number of carbonyl (C=O) groups excluding carboxylic acids is 1. The van der Waals surface area contributed by atoms with Crippen molar-refractivity contribution in [3.8, 4) is 6.07 Å². The zero-order chi connectivity index (χ0) is 15.3. The predicted molar refractivity (Wildman–Crippen MR) is 77.0 cm³/mol. The molecule has 1 aromatic rings. The summed E-state index contributed by atoms with van der Waals surface area (Å²) in [6, 6.07) is 8.24. The molecular weight excluding hydrogens is 290 g/mol. The topological polar surface area (TPSA) is 84.2 Å². The van der Waals surface area contributed by atoms with Gasteiger partial charge in [0.2, 0.25) is 0 Å². The van der Waals surface area contributed by atoms with Gasteiger partial charge in [0.05, 0.1) is 17.4 Å². The highest BCUT2D eigenvalue weighted by molar-refractivity contribution is 7.91. The Morgan fingerprint density at radius 1 is 1.24 bits per heavy atom. The fraction of sp³-hybridized carbons (Fsp3) is 0.467. The molecule has 0 N–H and O–H groups in total. The number of nitrogens with zero attached hydrogens (tertiary/aromatic N) is 1. The molecule has 1 aliphatic carbocycles. The molecule has 0 unspecified atom stereocenters. The Balaban J connectivity index is 1.91. The van der Waals surface area contributed by atoms with Crippen LogP contribution in [0.3, 0.4) is 0 Å². The van der Waals surface area contributed by atoms with E-state index in [0.717, 1.165) is 25.7 Å². The summed E-state index contributed by atoms with van der Waals surface area (Å²) in [5, 5.41) is 8.69. The molecule has 0 aliphatic heterocycles. The summed E-state index contributed by atoms with van der Waals surface area (Å²) in [4.78, 5) is 11.7. The highest BCUT2D eigenvalue weighted by Crippen LogP contribution is 2.21. The minimum atomic E-state index is -3.55. The van der Waals surface area contributed by atoms with Gasteiger partial charge in [-0.2, -0.15) is 5.26 Å². The van der Waals surface area contributed by atoms with Crippen LogP contribution >= 0.6 is 0 Å². The third-order valence-electron chi connectivity index (χ3n) is 3.41. The summed E-state index contributed by atoms with van der Waals surface area (Å²) in [6.07, 6.45) is 3.57. The van der Waals surface area contributed by atoms with Crippen molar-refractivity contribution in [1.29, 1.82) is 5.26 Å². The van der Waals surface area contributed by atoms with Gasteiger partial charge in [-0.1, -0.05) is 12.1 Å². The summed E-state index contributed by atoms with van der Waals surface area (Å²) < 4.78 is 29.1. The molecule has 1 aromatic carbocycles. The number of benzene rings is 1. The molecule has 0 heterocycles. The van der Waals surface area contributed by atoms with Gasteiger partial charge >= 0.3 is 5.97 Å². The van der Waals surface area contributed by atoms with Gasteiger partial charge in [0.1, 0.15) is 11.9 Å². The Morgan fingerprint density at radius 2 is 1.86 bits per heavy atom. The van der Waals surface area contributed by atoms with Gasteiger partial charge in [-0.15, -0.1) is 0 Å². The molecule has 0 bridgehead atoms. The standard InChI is InChI=1S/C15H17NO4S/c16-9-12-5-7-13(8-6-12)10-21(18,19)11-15(17)20-14-3-1-2-4-14/h5-8,14H,1-4,10-11H2. The lowest BCUT2D eigenvalue weighted by atomic mass is 10.2. The van der Waals surface area contributed by atoms with Crippen LogP contribution in [0.5, 0.6) is 0 Å². The number of ether oxygens (including phenoxy) is 1. The average molecular weight is 307 g/mol. The van der Waals surface area contributed by atoms with Crippen LogP contribution in [0, 0.1) is 11.3 Å². The summed E-state index contributed by atoms with van der Waals surface area (Å²) in [7, 11) is -3.55. The molecule has 0 spiro atoms. The van der Waals surface area contributed by atoms with Crippen molar-refractivity contribution >= 4 is 15.8 Å². The Hall–Kier alpha value is -1.87. The molecule has 0 radical (unpaired) electrons. The highest BCUT2D eigenvalue weighted by atomic mass is 32.2. The van der Waals surface area contributed by atoms with Crippen LogP contribution in [0.1, 0.15) is 36.8 Å². The summed E-state index contributed by atoms with van der Waals surface area (Å²) in [5.74, 6) is -1.49. The first kappa shape index (κ1) is 15.5. The molecule has 5 nitrogen and oxygen atoms in total. The number of carbonyl (C=O) groups is 1. The van der Waals surface area contributed by atoms with E-state index >= 15 is 0 Å². The number of esters is 1. The minimum Gasteiger partial charge on any atom is -0.462 e. The van der Waals surface area contributed by atoms with E-state index in [-0.39, 0.29) is 11.9 Å². The normalized spacial score (nSPS) is 15.6. The second-order valence-electron chi connectivity index (χ2n) is 5.24. The van der Waals surface area contributed by atoms with Crippen molar-refractivity contribution in [3.63, 3.8) is 0 Å². The van der Waals surface area contributed by atoms with Gasteiger partial charge in [-0.05, 0) is 43.4 Å². The van der Waals surface area contributed by atoms with Crippen LogP contribution in [0.2, 0.25) is 0 Å². The lowest BCUT2D eigenvalue weighted by Gasteiger charge is -2.11. The Labute approximate surface area is 124 Å². The fourth-order valence-electron chi connectivity index (χ4n) is 2.39. The number of hydrogen-bond acceptors (Lipinski definition) is 5. The van der Waals surface area contributed by atoms with E-state index in [4.69, 9.17) is 10.00 Å². The van der Waals surface area contributed by atoms with E-state index in [0.29, 0.717) is 11.1 Å². The predicted octanol–water partition coefficient (Wildman–Crippen LogP) is 1.96. The van der Waals surface area contributed by atoms with E-state index in [1.807, 2.05) is 6.07 Å². The first-order valence-corrected chi connectivity index (χ1v) is 8.69. The summed E-state index contributed by atoms with van der Waals surface area (Å²) >= 11 is 0. The van der Waals surface area contributed by atoms with E-state index in [2.05, 4.69) is 0 Å². The quantitative estimate of drug-likeness (QED) is 0.776. The lowest BCUT2D eigenvalue weighted by Crippen LogP contribution is -2.23. The zero-order valence-electron chi connectivity index (χ0n) is 11.6. The number of nitriles is 1. The molecule has 0 amide bonds. The smallest absolute Gasteiger partial charge is 0.321 e. The van der Waals surface area contributed by atoms with E-state index in [1.54, 1.807) is 24.3 Å². The average Bonchev–Trinajstić information content (AvgIpc) is 2.91. The van der Waals surface area contributed by atoms with Gasteiger partial charge in [0, 0.05) is 0 Å². The summed E-state index contributed by atoms with van der Waals surface area (Å²) in [5.41, 5.74) is 1.03. The van der Waals surface area contributed by atoms with Crippen molar-refractivity contribution in [2.24, 2.45) is 0 Å². The zero-order valence-corrected chi connectivity index (χ0v) is 12.4. The van der Waals surface area contributed by atoms with Crippen LogP contribution in [0.4, 0.5) is 0 Å². The monoisotopic (exact) mass is 307 g/mol. The highest BCUT2D eigenvalue weighted by Gasteiger charge is 2.23. The van der Waals surface area contributed by atoms with E-state index in [1.165, 1.54) is 0 Å². The molecule has 1 saturated carbocycles. The molecule has 6 heteroatoms. The van der Waals surface area contributed by atoms with Crippen molar-refractivity contribution in [2.75, 3.05) is 5.75 Å². The van der Waals surface area contributed by atoms with Crippen molar-refractivity contribution < 1.29 is 17.9 Å². The molecule has 0 saturated heterocycles. The Kier molecular flexibility index (Phi) is 4.97. The second kappa shape index (κ2) is 6.72. The maximum Gasteiger partial charge on any atom is 0.321 e. The first-order chi connectivity index (χ1) is 9.98. The number of sulfone groups is 1. The SMILES string of the molecule is N#Cc1ccc(CS(=O)(=O)CC(=O)OC2CCCC2)cc1. The van der Waals surface area contributed by atoms with Gasteiger partial charge in [0.15, 0.2) is 9.84 Å². The van der Waals surface area contributed by atoms with Crippen LogP contribution < -0.4 is 0 Å². The molecule has 2 rings (SSSR count). The molecule has 112 valence electrons. The minimum absolute atomic E-state index is 0.123. The molecule has 0 atom stereocenters. The van der Waals surface area contributed by atoms with Crippen LogP contribution in [0.25, 0.3) is 0 Å². The lowest BCUT2D eigenvalue weighted by molar-refractivity contribution is -0.145. The fourth-order valence-corrected chi connectivity index (χ4v) is 3.62. The van der Waals surface area contributed by atoms with Crippen molar-refractivity contribution in [2.45, 2.75) is 37.5 Å². The molecule has 0 aromatic heterocycles. The van der Waals surface area contributed by atoms with Crippen LogP contribution in [-0.4, -0.2) is 26.2 Å². The molecule has 21 heavy (non-hydrogen) atoms. The third kappa shape index (κ3) is 4.87. The van der Waals surface area contributed by atoms with Crippen molar-refractivity contribution in [1.82, 2.24) is 0 Å². The largest absolute Gasteiger partial charge is 0.462 e. The summed E-state index contributed by atoms with van der Waals surface area (Å²) in [6.45, 7) is 0. The van der Waals surface area contributed by atoms with E-state index < -0.39 is 21.6 Å². The first-order valence-electron chi connectivity index (χ1n) is 6.87.